The van der Waals surface area contributed by atoms with Gasteiger partial charge >= 0.3 is 0 Å². The number of unbranched alkanes of at least 4 members (excludes halogenated alkanes) is 45. The van der Waals surface area contributed by atoms with Gasteiger partial charge in [-0.05, 0) is 77.0 Å². The van der Waals surface area contributed by atoms with E-state index in [9.17, 15) is 61.0 Å². The van der Waals surface area contributed by atoms with Crippen LogP contribution in [0.1, 0.15) is 380 Å². The number of hydrogen-bond donors (Lipinski definition) is 12. The number of rotatable bonds is 77. The van der Waals surface area contributed by atoms with E-state index in [4.69, 9.17) is 28.4 Å². The third-order valence-electron chi connectivity index (χ3n) is 23.2. The molecule has 0 aromatic rings. The molecule has 3 fully saturated rings. The van der Waals surface area contributed by atoms with Crippen LogP contribution < -0.4 is 5.32 Å². The molecule has 0 radical (unpaired) electrons. The van der Waals surface area contributed by atoms with E-state index in [1.807, 2.05) is 0 Å². The van der Waals surface area contributed by atoms with Gasteiger partial charge in [-0.25, -0.2) is 0 Å². The summed E-state index contributed by atoms with van der Waals surface area (Å²) in [5.41, 5.74) is 0. The first-order valence-electron chi connectivity index (χ1n) is 47.5. The van der Waals surface area contributed by atoms with Crippen LogP contribution in [-0.4, -0.2) is 193 Å². The van der Waals surface area contributed by atoms with Crippen molar-refractivity contribution in [3.05, 3.63) is 97.2 Å². The van der Waals surface area contributed by atoms with Gasteiger partial charge in [0.05, 0.1) is 38.6 Å². The van der Waals surface area contributed by atoms with Crippen molar-refractivity contribution in [1.29, 1.82) is 0 Å². The van der Waals surface area contributed by atoms with Crippen LogP contribution in [-0.2, 0) is 33.2 Å². The van der Waals surface area contributed by atoms with Crippen molar-refractivity contribution in [3.63, 3.8) is 0 Å². The number of carbonyl (C=O) groups is 1. The zero-order valence-corrected chi connectivity index (χ0v) is 73.0. The van der Waals surface area contributed by atoms with Crippen molar-refractivity contribution in [2.45, 2.75) is 484 Å². The highest BCUT2D eigenvalue weighted by Crippen LogP contribution is 2.34. The minimum atomic E-state index is -1.98. The van der Waals surface area contributed by atoms with Crippen LogP contribution in [0.5, 0.6) is 0 Å². The van der Waals surface area contributed by atoms with E-state index < -0.39 is 124 Å². The normalized spacial score (nSPS) is 24.9. The van der Waals surface area contributed by atoms with Crippen LogP contribution in [0.3, 0.4) is 0 Å². The van der Waals surface area contributed by atoms with Crippen molar-refractivity contribution in [2.75, 3.05) is 26.4 Å². The number of hydrogen-bond acceptors (Lipinski definition) is 18. The smallest absolute Gasteiger partial charge is 0.220 e. The third-order valence-corrected chi connectivity index (χ3v) is 23.2. The Morgan fingerprint density at radius 2 is 0.595 bits per heavy atom. The molecule has 0 aromatic heterocycles. The summed E-state index contributed by atoms with van der Waals surface area (Å²) in [4.78, 5) is 13.6. The number of aliphatic hydroxyl groups excluding tert-OH is 11. The van der Waals surface area contributed by atoms with Crippen molar-refractivity contribution >= 4 is 5.91 Å². The summed E-state index contributed by atoms with van der Waals surface area (Å²) in [7, 11) is 0. The summed E-state index contributed by atoms with van der Waals surface area (Å²) in [6, 6.07) is -0.895. The monoisotopic (exact) mass is 1640 g/mol. The molecule has 17 atom stereocenters. The molecule has 674 valence electrons. The fourth-order valence-electron chi connectivity index (χ4n) is 15.7. The SMILES string of the molecule is CC/C=C\C/C=C\C/C=C\C/C=C\C/C=C\C/C=C\C/C=C\C/C=C\CCCCCCCCCCCCCCCCC(=O)NC(COC1OC(CO)C(OC2OC(CO)C(OC3OC(CO)C(O)C(O)C3O)C(O)C2O)C(O)C1O)C(O)CCCCCCCCCCCCCCCCCCCCCCCCCCCCCCCCCC. The molecule has 3 aliphatic heterocycles. The maximum Gasteiger partial charge on any atom is 0.220 e. The summed E-state index contributed by atoms with van der Waals surface area (Å²) < 4.78 is 34.6. The topological polar surface area (TPSA) is 307 Å². The quantitative estimate of drug-likeness (QED) is 0.0199. The number of carbonyl (C=O) groups excluding carboxylic acids is 1. The molecule has 3 heterocycles. The zero-order chi connectivity index (χ0) is 83.8. The Morgan fingerprint density at radius 1 is 0.319 bits per heavy atom. The number of ether oxygens (including phenoxy) is 6. The molecule has 0 bridgehead atoms. The van der Waals surface area contributed by atoms with Gasteiger partial charge in [-0.1, -0.05) is 394 Å². The average molecular weight is 1640 g/mol. The predicted molar refractivity (Wildman–Crippen MR) is 471 cm³/mol. The van der Waals surface area contributed by atoms with Gasteiger partial charge in [-0.3, -0.25) is 4.79 Å². The van der Waals surface area contributed by atoms with E-state index >= 15 is 0 Å². The highest BCUT2D eigenvalue weighted by molar-refractivity contribution is 5.76. The Kier molecular flexibility index (Phi) is 69.5. The Morgan fingerprint density at radius 3 is 0.931 bits per heavy atom. The third kappa shape index (κ3) is 52.9. The first-order chi connectivity index (χ1) is 56.8. The second-order valence-electron chi connectivity index (χ2n) is 33.5. The van der Waals surface area contributed by atoms with Crippen LogP contribution in [0.25, 0.3) is 0 Å². The predicted octanol–water partition coefficient (Wildman–Crippen LogP) is 19.0. The maximum absolute atomic E-state index is 13.6. The van der Waals surface area contributed by atoms with Gasteiger partial charge in [0.25, 0.3) is 0 Å². The lowest BCUT2D eigenvalue weighted by Gasteiger charge is -2.48. The second kappa shape index (κ2) is 75.5. The first-order valence-corrected chi connectivity index (χ1v) is 47.5. The lowest BCUT2D eigenvalue weighted by Crippen LogP contribution is -2.66. The van der Waals surface area contributed by atoms with Crippen molar-refractivity contribution in [3.8, 4) is 0 Å². The molecule has 19 heteroatoms. The molecule has 1 amide bonds. The van der Waals surface area contributed by atoms with Crippen LogP contribution in [0.15, 0.2) is 97.2 Å². The summed E-state index contributed by atoms with van der Waals surface area (Å²) in [5.74, 6) is -0.241. The first kappa shape index (κ1) is 107. The fraction of sp³-hybridized carbons (Fsp3) is 0.825. The molecule has 17 unspecified atom stereocenters. The van der Waals surface area contributed by atoms with E-state index in [2.05, 4.69) is 116 Å². The van der Waals surface area contributed by atoms with Crippen molar-refractivity contribution < 1.29 is 89.4 Å². The molecular weight excluding hydrogens is 1470 g/mol. The van der Waals surface area contributed by atoms with Gasteiger partial charge in [0.15, 0.2) is 18.9 Å². The van der Waals surface area contributed by atoms with E-state index in [1.165, 1.54) is 244 Å². The second-order valence-corrected chi connectivity index (χ2v) is 33.5. The summed E-state index contributed by atoms with van der Waals surface area (Å²) in [6.07, 6.45) is 78.0. The molecule has 3 aliphatic rings. The van der Waals surface area contributed by atoms with Gasteiger partial charge in [0.2, 0.25) is 5.91 Å². The van der Waals surface area contributed by atoms with Gasteiger partial charge in [-0.2, -0.15) is 0 Å². The largest absolute Gasteiger partial charge is 0.394 e. The molecule has 3 saturated heterocycles. The van der Waals surface area contributed by atoms with Gasteiger partial charge in [0, 0.05) is 6.42 Å². The number of allylic oxidation sites excluding steroid dienone is 16. The van der Waals surface area contributed by atoms with Crippen LogP contribution in [0.2, 0.25) is 0 Å². The highest BCUT2D eigenvalue weighted by atomic mass is 16.8. The Balaban J connectivity index is 1.30. The van der Waals surface area contributed by atoms with Crippen molar-refractivity contribution in [1.82, 2.24) is 5.32 Å². The van der Waals surface area contributed by atoms with E-state index in [0.717, 1.165) is 103 Å². The number of aliphatic hydroxyl groups is 11. The standard InChI is InChI=1S/C97H173NO18/c1-3-5-7-9-11-13-15-17-19-21-23-25-27-29-31-33-35-37-38-39-40-41-42-43-45-47-49-51-53-55-57-59-61-63-65-67-69-71-73-75-85(103)98-80(81(102)74-72-70-68-66-64-62-60-58-56-54-52-50-48-46-44-36-34-32-30-28-26-24-22-20-18-16-14-12-10-8-6-4-2)79-111-95-91(109)88(106)93(83(77-100)113-95)116-97-92(110)89(107)94(84(78-101)114-97)115-96-90(108)87(105)86(104)82(76-99)112-96/h5,7,11,13,17,19,23,25,29,31,35,37,39-40,42-43,80-84,86-97,99-102,104-110H,3-4,6,8-10,12,14-16,18,20-22,24,26-28,30,32-34,36,38,41,44-79H2,1-2H3,(H,98,103)/b7-5-,13-11-,19-17-,25-23-,31-29-,37-35-,40-39-,43-42-. The zero-order valence-electron chi connectivity index (χ0n) is 73.0. The Hall–Kier alpha value is -3.29. The van der Waals surface area contributed by atoms with Gasteiger partial charge in [0.1, 0.15) is 73.2 Å². The lowest BCUT2D eigenvalue weighted by molar-refractivity contribution is -0.379. The molecule has 116 heavy (non-hydrogen) atoms. The number of nitrogens with one attached hydrogen (secondary N) is 1. The van der Waals surface area contributed by atoms with Crippen molar-refractivity contribution in [2.24, 2.45) is 0 Å². The molecule has 12 N–H and O–H groups in total. The van der Waals surface area contributed by atoms with Crippen LogP contribution in [0.4, 0.5) is 0 Å². The van der Waals surface area contributed by atoms with Crippen LogP contribution in [0, 0.1) is 0 Å². The molecule has 19 nitrogen and oxygen atoms in total. The molecule has 0 aromatic carbocycles. The highest BCUT2D eigenvalue weighted by Gasteiger charge is 2.54. The van der Waals surface area contributed by atoms with E-state index in [0.29, 0.717) is 12.8 Å². The Labute approximate surface area is 704 Å². The van der Waals surface area contributed by atoms with Gasteiger partial charge in [-0.15, -0.1) is 0 Å². The lowest BCUT2D eigenvalue weighted by atomic mass is 9.96. The van der Waals surface area contributed by atoms with E-state index in [1.54, 1.807) is 0 Å². The molecule has 0 saturated carbocycles. The molecule has 3 rings (SSSR count). The molecule has 0 aliphatic carbocycles. The molecule has 0 spiro atoms. The summed E-state index contributed by atoms with van der Waals surface area (Å²) in [5, 5.41) is 122. The van der Waals surface area contributed by atoms with Gasteiger partial charge < -0.3 is 89.9 Å². The maximum atomic E-state index is 13.6. The average Bonchev–Trinajstić information content (AvgIpc) is 0.779. The summed E-state index contributed by atoms with van der Waals surface area (Å²) in [6.45, 7) is 1.74. The number of amides is 1. The Bertz CT molecular complexity index is 2470. The summed E-state index contributed by atoms with van der Waals surface area (Å²) >= 11 is 0. The molecular formula is C97H173NO18. The minimum Gasteiger partial charge on any atom is -0.394 e. The minimum absolute atomic E-state index is 0.241. The van der Waals surface area contributed by atoms with E-state index in [-0.39, 0.29) is 18.9 Å². The fourth-order valence-corrected chi connectivity index (χ4v) is 15.7. The van der Waals surface area contributed by atoms with Crippen LogP contribution >= 0.6 is 0 Å².